The van der Waals surface area contributed by atoms with E-state index < -0.39 is 0 Å². The second-order valence-corrected chi connectivity index (χ2v) is 9.16. The first-order valence-electron chi connectivity index (χ1n) is 9.97. The van der Waals surface area contributed by atoms with E-state index in [9.17, 15) is 9.59 Å². The van der Waals surface area contributed by atoms with Gasteiger partial charge in [-0.15, -0.1) is 10.2 Å². The SMILES string of the molecule is Cc1cc(NC(=O)CSc2nnc(N3CCN(C(=O)COc4ccccc4)CC3)s2)no1. The van der Waals surface area contributed by atoms with Crippen LogP contribution in [0.1, 0.15) is 5.76 Å². The molecule has 2 aromatic heterocycles. The molecule has 12 heteroatoms. The monoisotopic (exact) mass is 474 g/mol. The van der Waals surface area contributed by atoms with Crippen molar-refractivity contribution in [2.24, 2.45) is 0 Å². The largest absolute Gasteiger partial charge is 0.484 e. The second kappa shape index (κ2) is 10.5. The number of carbonyl (C=O) groups excluding carboxylic acids is 2. The summed E-state index contributed by atoms with van der Waals surface area (Å²) in [4.78, 5) is 28.3. The van der Waals surface area contributed by atoms with Crippen LogP contribution >= 0.6 is 23.1 Å². The Hall–Kier alpha value is -3.12. The lowest BCUT2D eigenvalue weighted by Gasteiger charge is -2.34. The highest BCUT2D eigenvalue weighted by molar-refractivity contribution is 8.01. The molecule has 0 saturated carbocycles. The van der Waals surface area contributed by atoms with Gasteiger partial charge in [0.1, 0.15) is 11.5 Å². The number of nitrogens with one attached hydrogen (secondary N) is 1. The van der Waals surface area contributed by atoms with Crippen molar-refractivity contribution in [3.05, 3.63) is 42.2 Å². The highest BCUT2D eigenvalue weighted by Crippen LogP contribution is 2.28. The molecule has 4 rings (SSSR count). The van der Waals surface area contributed by atoms with Gasteiger partial charge in [-0.1, -0.05) is 46.5 Å². The van der Waals surface area contributed by atoms with E-state index >= 15 is 0 Å². The molecule has 10 nitrogen and oxygen atoms in total. The molecule has 1 fully saturated rings. The van der Waals surface area contributed by atoms with Crippen LogP contribution < -0.4 is 15.0 Å². The summed E-state index contributed by atoms with van der Waals surface area (Å²) in [6, 6.07) is 11.0. The summed E-state index contributed by atoms with van der Waals surface area (Å²) in [5.41, 5.74) is 0. The number of aryl methyl sites for hydroxylation is 1. The maximum absolute atomic E-state index is 12.4. The van der Waals surface area contributed by atoms with Crippen molar-refractivity contribution in [1.29, 1.82) is 0 Å². The molecule has 0 atom stereocenters. The Morgan fingerprint density at radius 3 is 2.69 bits per heavy atom. The first kappa shape index (κ1) is 22.1. The number of benzene rings is 1. The Bertz CT molecular complexity index is 1050. The third-order valence-corrected chi connectivity index (χ3v) is 6.74. The van der Waals surface area contributed by atoms with Crippen LogP contribution in [0.3, 0.4) is 0 Å². The molecule has 168 valence electrons. The molecule has 0 spiro atoms. The average Bonchev–Trinajstić information content (AvgIpc) is 3.46. The number of para-hydroxylation sites is 1. The van der Waals surface area contributed by atoms with Crippen LogP contribution in [0.4, 0.5) is 10.9 Å². The highest BCUT2D eigenvalue weighted by atomic mass is 32.2. The van der Waals surface area contributed by atoms with E-state index in [4.69, 9.17) is 9.26 Å². The van der Waals surface area contributed by atoms with Crippen LogP contribution in [0.15, 0.2) is 45.3 Å². The van der Waals surface area contributed by atoms with E-state index in [1.54, 1.807) is 17.9 Å². The fourth-order valence-corrected chi connectivity index (χ4v) is 4.71. The summed E-state index contributed by atoms with van der Waals surface area (Å²) in [5.74, 6) is 1.69. The average molecular weight is 475 g/mol. The smallest absolute Gasteiger partial charge is 0.260 e. The fourth-order valence-electron chi connectivity index (χ4n) is 3.02. The van der Waals surface area contributed by atoms with E-state index in [0.717, 1.165) is 5.13 Å². The van der Waals surface area contributed by atoms with Crippen molar-refractivity contribution in [2.75, 3.05) is 48.8 Å². The Kier molecular flexibility index (Phi) is 7.22. The molecule has 3 aromatic rings. The number of ether oxygens (including phenoxy) is 1. The van der Waals surface area contributed by atoms with Gasteiger partial charge in [-0.3, -0.25) is 9.59 Å². The van der Waals surface area contributed by atoms with Gasteiger partial charge >= 0.3 is 0 Å². The number of piperazine rings is 1. The maximum atomic E-state index is 12.4. The minimum atomic E-state index is -0.190. The van der Waals surface area contributed by atoms with E-state index in [2.05, 4.69) is 25.6 Å². The van der Waals surface area contributed by atoms with Gasteiger partial charge in [0.2, 0.25) is 11.0 Å². The predicted molar refractivity (Wildman–Crippen MR) is 121 cm³/mol. The van der Waals surface area contributed by atoms with Gasteiger partial charge in [0.25, 0.3) is 5.91 Å². The number of thioether (sulfide) groups is 1. The molecule has 2 amide bonds. The summed E-state index contributed by atoms with van der Waals surface area (Å²) >= 11 is 2.75. The molecule has 1 aliphatic heterocycles. The number of aromatic nitrogens is 3. The second-order valence-electron chi connectivity index (χ2n) is 6.98. The molecular formula is C20H22N6O4S2. The molecule has 0 radical (unpaired) electrons. The molecule has 1 N–H and O–H groups in total. The van der Waals surface area contributed by atoms with Crippen LogP contribution in [-0.2, 0) is 9.59 Å². The van der Waals surface area contributed by atoms with Crippen molar-refractivity contribution in [1.82, 2.24) is 20.3 Å². The van der Waals surface area contributed by atoms with Crippen molar-refractivity contribution in [2.45, 2.75) is 11.3 Å². The van der Waals surface area contributed by atoms with Gasteiger partial charge < -0.3 is 24.4 Å². The van der Waals surface area contributed by atoms with Crippen molar-refractivity contribution in [3.8, 4) is 5.75 Å². The summed E-state index contributed by atoms with van der Waals surface area (Å²) in [6.45, 7) is 4.32. The zero-order chi connectivity index (χ0) is 22.3. The van der Waals surface area contributed by atoms with E-state index in [1.807, 2.05) is 30.3 Å². The standard InChI is InChI=1S/C20H22N6O4S2/c1-14-11-16(24-30-14)21-17(27)13-31-20-23-22-19(32-20)26-9-7-25(8-10-26)18(28)12-29-15-5-3-2-4-6-15/h2-6,11H,7-10,12-13H2,1H3,(H,21,24,27). The van der Waals surface area contributed by atoms with Gasteiger partial charge in [0.15, 0.2) is 16.8 Å². The fraction of sp³-hybridized carbons (Fsp3) is 0.350. The van der Waals surface area contributed by atoms with Crippen LogP contribution in [-0.4, -0.2) is 70.6 Å². The first-order chi connectivity index (χ1) is 15.6. The molecule has 0 unspecified atom stereocenters. The minimum Gasteiger partial charge on any atom is -0.484 e. The quantitative estimate of drug-likeness (QED) is 0.491. The third kappa shape index (κ3) is 5.98. The molecule has 0 bridgehead atoms. The molecular weight excluding hydrogens is 452 g/mol. The zero-order valence-corrected chi connectivity index (χ0v) is 19.0. The predicted octanol–water partition coefficient (Wildman–Crippen LogP) is 2.29. The van der Waals surface area contributed by atoms with Crippen LogP contribution in [0, 0.1) is 6.92 Å². The van der Waals surface area contributed by atoms with Crippen LogP contribution in [0.2, 0.25) is 0 Å². The zero-order valence-electron chi connectivity index (χ0n) is 17.4. The Labute approximate surface area is 192 Å². The van der Waals surface area contributed by atoms with Crippen molar-refractivity contribution < 1.29 is 18.8 Å². The molecule has 1 saturated heterocycles. The van der Waals surface area contributed by atoms with Crippen molar-refractivity contribution in [3.63, 3.8) is 0 Å². The minimum absolute atomic E-state index is 0.0274. The van der Waals surface area contributed by atoms with E-state index in [0.29, 0.717) is 47.8 Å². The van der Waals surface area contributed by atoms with Crippen molar-refractivity contribution >= 4 is 45.9 Å². The lowest BCUT2D eigenvalue weighted by molar-refractivity contribution is -0.133. The maximum Gasteiger partial charge on any atom is 0.260 e. The molecule has 3 heterocycles. The normalized spacial score (nSPS) is 13.8. The van der Waals surface area contributed by atoms with Gasteiger partial charge in [-0.25, -0.2) is 0 Å². The van der Waals surface area contributed by atoms with Gasteiger partial charge in [0.05, 0.1) is 5.75 Å². The Morgan fingerprint density at radius 1 is 1.19 bits per heavy atom. The molecule has 0 aliphatic carbocycles. The van der Waals surface area contributed by atoms with Gasteiger partial charge in [-0.05, 0) is 19.1 Å². The number of carbonyl (C=O) groups is 2. The summed E-state index contributed by atoms with van der Waals surface area (Å²) < 4.78 is 11.2. The number of nitrogens with zero attached hydrogens (tertiary/aromatic N) is 5. The number of anilines is 2. The molecule has 1 aliphatic rings. The highest BCUT2D eigenvalue weighted by Gasteiger charge is 2.24. The van der Waals surface area contributed by atoms with Crippen LogP contribution in [0.25, 0.3) is 0 Å². The Balaban J connectivity index is 1.19. The summed E-state index contributed by atoms with van der Waals surface area (Å²) in [6.07, 6.45) is 0. The lowest BCUT2D eigenvalue weighted by Crippen LogP contribution is -2.50. The van der Waals surface area contributed by atoms with Crippen LogP contribution in [0.5, 0.6) is 5.75 Å². The topological polar surface area (TPSA) is 114 Å². The van der Waals surface area contributed by atoms with E-state index in [-0.39, 0.29) is 24.2 Å². The molecule has 1 aromatic carbocycles. The van der Waals surface area contributed by atoms with Gasteiger partial charge in [-0.2, -0.15) is 0 Å². The summed E-state index contributed by atoms with van der Waals surface area (Å²) in [5, 5.41) is 15.6. The number of hydrogen-bond donors (Lipinski definition) is 1. The third-order valence-electron chi connectivity index (χ3n) is 4.63. The van der Waals surface area contributed by atoms with E-state index in [1.165, 1.54) is 23.1 Å². The number of amides is 2. The first-order valence-corrected chi connectivity index (χ1v) is 11.8. The number of rotatable bonds is 8. The Morgan fingerprint density at radius 2 is 1.97 bits per heavy atom. The lowest BCUT2D eigenvalue weighted by atomic mass is 10.3. The van der Waals surface area contributed by atoms with Gasteiger partial charge in [0, 0.05) is 32.2 Å². The molecule has 32 heavy (non-hydrogen) atoms. The number of hydrogen-bond acceptors (Lipinski definition) is 10. The summed E-state index contributed by atoms with van der Waals surface area (Å²) in [7, 11) is 0.